The van der Waals surface area contributed by atoms with E-state index in [1.165, 1.54) is 22.3 Å². The number of hydrogen-bond donors (Lipinski definition) is 0. The van der Waals surface area contributed by atoms with Gasteiger partial charge < -0.3 is 0 Å². The molecule has 0 saturated carbocycles. The molecule has 1 aliphatic rings. The zero-order valence-corrected chi connectivity index (χ0v) is 10.7. The highest BCUT2D eigenvalue weighted by Crippen LogP contribution is 2.34. The highest BCUT2D eigenvalue weighted by atomic mass is 14.2. The summed E-state index contributed by atoms with van der Waals surface area (Å²) in [5.41, 5.74) is 5.43. The molecule has 0 spiro atoms. The molecule has 0 radical (unpaired) electrons. The van der Waals surface area contributed by atoms with Crippen LogP contribution < -0.4 is 0 Å². The Balaban J connectivity index is 2.53. The molecule has 1 aliphatic carbocycles. The first kappa shape index (κ1) is 11.9. The van der Waals surface area contributed by atoms with Gasteiger partial charge in [-0.05, 0) is 42.0 Å². The smallest absolute Gasteiger partial charge is 0.00863 e. The first-order chi connectivity index (χ1) is 8.24. The van der Waals surface area contributed by atoms with Gasteiger partial charge in [0.2, 0.25) is 0 Å². The molecule has 0 amide bonds. The summed E-state index contributed by atoms with van der Waals surface area (Å²) in [6, 6.07) is 8.74. The molecule has 0 aliphatic heterocycles. The van der Waals surface area contributed by atoms with Crippen molar-refractivity contribution < 1.29 is 0 Å². The minimum absolute atomic E-state index is 0.461. The van der Waals surface area contributed by atoms with Crippen molar-refractivity contribution >= 4 is 0 Å². The molecule has 1 aromatic carbocycles. The molecular weight excluding hydrogens is 204 g/mol. The normalized spacial score (nSPS) is 24.9. The van der Waals surface area contributed by atoms with E-state index in [4.69, 9.17) is 0 Å². The molecule has 0 bridgehead atoms. The summed E-state index contributed by atoms with van der Waals surface area (Å²) in [7, 11) is 0. The Hall–Kier alpha value is -1.56. The second-order valence-corrected chi connectivity index (χ2v) is 4.67. The van der Waals surface area contributed by atoms with Gasteiger partial charge in [0.1, 0.15) is 0 Å². The summed E-state index contributed by atoms with van der Waals surface area (Å²) < 4.78 is 0. The van der Waals surface area contributed by atoms with Crippen LogP contribution in [0.25, 0.3) is 0 Å². The number of allylic oxidation sites excluding steroid dienone is 5. The molecule has 0 saturated heterocycles. The first-order valence-corrected chi connectivity index (χ1v) is 6.34. The molecule has 88 valence electrons. The maximum Gasteiger partial charge on any atom is 0.00863 e. The van der Waals surface area contributed by atoms with Gasteiger partial charge in [-0.2, -0.15) is 0 Å². The van der Waals surface area contributed by atoms with Crippen molar-refractivity contribution in [2.75, 3.05) is 0 Å². The fourth-order valence-electron chi connectivity index (χ4n) is 2.50. The summed E-state index contributed by atoms with van der Waals surface area (Å²) in [5, 5.41) is 0. The average Bonchev–Trinajstić information content (AvgIpc) is 2.41. The Morgan fingerprint density at radius 3 is 2.82 bits per heavy atom. The predicted molar refractivity (Wildman–Crippen MR) is 75.2 cm³/mol. The lowest BCUT2D eigenvalue weighted by Gasteiger charge is -2.21. The van der Waals surface area contributed by atoms with Crippen molar-refractivity contribution in [3.63, 3.8) is 0 Å². The zero-order chi connectivity index (χ0) is 12.3. The van der Waals surface area contributed by atoms with Crippen molar-refractivity contribution in [3.05, 3.63) is 71.3 Å². The molecule has 1 aromatic rings. The zero-order valence-electron chi connectivity index (χ0n) is 10.7. The summed E-state index contributed by atoms with van der Waals surface area (Å²) in [6.45, 7) is 8.68. The van der Waals surface area contributed by atoms with E-state index in [0.29, 0.717) is 5.92 Å². The Kier molecular flexibility index (Phi) is 3.63. The van der Waals surface area contributed by atoms with Crippen LogP contribution >= 0.6 is 0 Å². The van der Waals surface area contributed by atoms with E-state index >= 15 is 0 Å². The minimum atomic E-state index is 0.461. The number of fused-ring (bicyclic) bond motifs is 1. The van der Waals surface area contributed by atoms with Crippen LogP contribution in [0.2, 0.25) is 0 Å². The van der Waals surface area contributed by atoms with Gasteiger partial charge in [0.15, 0.2) is 0 Å². The molecule has 1 unspecified atom stereocenters. The van der Waals surface area contributed by atoms with E-state index < -0.39 is 0 Å². The topological polar surface area (TPSA) is 0 Å². The number of rotatable bonds is 1. The van der Waals surface area contributed by atoms with Crippen LogP contribution in [-0.4, -0.2) is 0 Å². The molecule has 17 heavy (non-hydrogen) atoms. The van der Waals surface area contributed by atoms with Crippen LogP contribution in [0.3, 0.4) is 0 Å². The Labute approximate surface area is 104 Å². The molecule has 0 fully saturated rings. The fraction of sp³-hybridized carbons (Fsp3) is 0.294. The second kappa shape index (κ2) is 5.18. The molecule has 2 rings (SSSR count). The van der Waals surface area contributed by atoms with Crippen molar-refractivity contribution in [1.29, 1.82) is 0 Å². The van der Waals surface area contributed by atoms with Gasteiger partial charge >= 0.3 is 0 Å². The molecule has 1 atom stereocenters. The van der Waals surface area contributed by atoms with Gasteiger partial charge in [0, 0.05) is 5.92 Å². The van der Waals surface area contributed by atoms with E-state index in [9.17, 15) is 0 Å². The van der Waals surface area contributed by atoms with Crippen molar-refractivity contribution in [2.24, 2.45) is 0 Å². The van der Waals surface area contributed by atoms with Gasteiger partial charge in [-0.1, -0.05) is 56.0 Å². The van der Waals surface area contributed by atoms with E-state index in [2.05, 4.69) is 62.9 Å². The van der Waals surface area contributed by atoms with E-state index in [-0.39, 0.29) is 0 Å². The summed E-state index contributed by atoms with van der Waals surface area (Å²) in [6.07, 6.45) is 8.69. The van der Waals surface area contributed by atoms with Gasteiger partial charge in [-0.25, -0.2) is 0 Å². The van der Waals surface area contributed by atoms with E-state index in [0.717, 1.165) is 12.8 Å². The lowest BCUT2D eigenvalue weighted by Crippen LogP contribution is -2.04. The van der Waals surface area contributed by atoms with Crippen LogP contribution in [0.5, 0.6) is 0 Å². The Morgan fingerprint density at radius 1 is 1.29 bits per heavy atom. The largest absolute Gasteiger partial charge is 0.0949 e. The molecular formula is C17H20. The molecule has 0 heteroatoms. The lowest BCUT2D eigenvalue weighted by molar-refractivity contribution is 0.761. The average molecular weight is 224 g/mol. The number of hydrogen-bond acceptors (Lipinski definition) is 0. The van der Waals surface area contributed by atoms with Crippen LogP contribution in [-0.2, 0) is 6.42 Å². The molecule has 0 nitrogen and oxygen atoms in total. The monoisotopic (exact) mass is 224 g/mol. The van der Waals surface area contributed by atoms with Crippen molar-refractivity contribution in [3.8, 4) is 0 Å². The Morgan fingerprint density at radius 2 is 2.06 bits per heavy atom. The quantitative estimate of drug-likeness (QED) is 0.643. The van der Waals surface area contributed by atoms with Crippen LogP contribution in [0.15, 0.2) is 60.2 Å². The minimum Gasteiger partial charge on any atom is -0.0949 e. The highest BCUT2D eigenvalue weighted by Gasteiger charge is 2.17. The number of benzene rings is 1. The van der Waals surface area contributed by atoms with Gasteiger partial charge in [0.25, 0.3) is 0 Å². The van der Waals surface area contributed by atoms with Crippen molar-refractivity contribution in [1.82, 2.24) is 0 Å². The first-order valence-electron chi connectivity index (χ1n) is 6.34. The molecule has 0 N–H and O–H groups in total. The third kappa shape index (κ3) is 2.41. The lowest BCUT2D eigenvalue weighted by atomic mass is 9.83. The van der Waals surface area contributed by atoms with Crippen LogP contribution in [0.4, 0.5) is 0 Å². The maximum atomic E-state index is 4.29. The van der Waals surface area contributed by atoms with Gasteiger partial charge in [-0.15, -0.1) is 0 Å². The van der Waals surface area contributed by atoms with E-state index in [1.807, 2.05) is 0 Å². The highest BCUT2D eigenvalue weighted by molar-refractivity contribution is 5.44. The summed E-state index contributed by atoms with van der Waals surface area (Å²) in [4.78, 5) is 0. The fourth-order valence-corrected chi connectivity index (χ4v) is 2.50. The Bertz CT molecular complexity index is 475. The van der Waals surface area contributed by atoms with Crippen LogP contribution in [0.1, 0.15) is 37.3 Å². The standard InChI is InChI=1S/C17H20/c1-4-16-14(3)13(2)9-5-6-10-15-11-7-8-12-17(15)16/h5-9,11-12,16H,3-4,10H2,1-2H3/b6-5-,13-9-. The third-order valence-corrected chi connectivity index (χ3v) is 3.59. The summed E-state index contributed by atoms with van der Waals surface area (Å²) in [5.74, 6) is 0.461. The van der Waals surface area contributed by atoms with Gasteiger partial charge in [-0.3, -0.25) is 0 Å². The van der Waals surface area contributed by atoms with Crippen molar-refractivity contribution in [2.45, 2.75) is 32.6 Å². The SMILES string of the molecule is C=C1/C(C)=C\C=C/Cc2ccccc2C1CC. The predicted octanol–water partition coefficient (Wildman–Crippen LogP) is 4.80. The molecule has 0 aromatic heterocycles. The summed E-state index contributed by atoms with van der Waals surface area (Å²) >= 11 is 0. The third-order valence-electron chi connectivity index (χ3n) is 3.59. The second-order valence-electron chi connectivity index (χ2n) is 4.67. The van der Waals surface area contributed by atoms with Gasteiger partial charge in [0.05, 0.1) is 0 Å². The maximum absolute atomic E-state index is 4.29. The van der Waals surface area contributed by atoms with Crippen LogP contribution in [0, 0.1) is 0 Å². The molecule has 0 heterocycles. The van der Waals surface area contributed by atoms with E-state index in [1.54, 1.807) is 0 Å².